The molecule has 0 aromatic rings. The third-order valence-electron chi connectivity index (χ3n) is 2.13. The minimum Gasteiger partial charge on any atom is -0.378 e. The van der Waals surface area contributed by atoms with Crippen LogP contribution in [0.3, 0.4) is 0 Å². The van der Waals surface area contributed by atoms with E-state index < -0.39 is 0 Å². The van der Waals surface area contributed by atoms with E-state index in [0.717, 1.165) is 31.2 Å². The summed E-state index contributed by atoms with van der Waals surface area (Å²) in [5.41, 5.74) is 0. The van der Waals surface area contributed by atoms with Crippen molar-refractivity contribution in [3.05, 3.63) is 0 Å². The molecule has 1 atom stereocenters. The Labute approximate surface area is 87.3 Å². The number of alkyl halides is 1. The van der Waals surface area contributed by atoms with E-state index in [4.69, 9.17) is 4.74 Å². The SMILES string of the molecule is O=C(CCC1CCCO1)NCCBr. The Hall–Kier alpha value is -0.0900. The Morgan fingerprint density at radius 3 is 3.08 bits per heavy atom. The Morgan fingerprint density at radius 2 is 2.46 bits per heavy atom. The maximum absolute atomic E-state index is 11.2. The second-order valence-electron chi connectivity index (χ2n) is 3.21. The van der Waals surface area contributed by atoms with Gasteiger partial charge < -0.3 is 10.1 Å². The number of ether oxygens (including phenoxy) is 1. The van der Waals surface area contributed by atoms with Gasteiger partial charge in [-0.25, -0.2) is 0 Å². The zero-order valence-electron chi connectivity index (χ0n) is 7.72. The first-order chi connectivity index (χ1) is 6.33. The number of carbonyl (C=O) groups is 1. The minimum atomic E-state index is 0.134. The van der Waals surface area contributed by atoms with Crippen LogP contribution >= 0.6 is 15.9 Å². The fraction of sp³-hybridized carbons (Fsp3) is 0.889. The molecule has 0 aromatic heterocycles. The first-order valence-electron chi connectivity index (χ1n) is 4.77. The lowest BCUT2D eigenvalue weighted by molar-refractivity contribution is -0.121. The van der Waals surface area contributed by atoms with Crippen molar-refractivity contribution in [2.45, 2.75) is 31.8 Å². The van der Waals surface area contributed by atoms with Crippen LogP contribution in [-0.2, 0) is 9.53 Å². The van der Waals surface area contributed by atoms with Crippen molar-refractivity contribution in [1.29, 1.82) is 0 Å². The van der Waals surface area contributed by atoms with Crippen LogP contribution in [0.15, 0.2) is 0 Å². The van der Waals surface area contributed by atoms with Gasteiger partial charge in [-0.15, -0.1) is 0 Å². The third-order valence-corrected chi connectivity index (χ3v) is 2.53. The molecule has 4 heteroatoms. The largest absolute Gasteiger partial charge is 0.378 e. The molecule has 1 aliphatic heterocycles. The molecule has 1 amide bonds. The molecule has 1 fully saturated rings. The highest BCUT2D eigenvalue weighted by molar-refractivity contribution is 9.09. The molecule has 1 aliphatic rings. The van der Waals surface area contributed by atoms with Crippen LogP contribution in [0.5, 0.6) is 0 Å². The lowest BCUT2D eigenvalue weighted by Gasteiger charge is -2.08. The summed E-state index contributed by atoms with van der Waals surface area (Å²) in [7, 11) is 0. The van der Waals surface area contributed by atoms with Crippen LogP contribution in [0.2, 0.25) is 0 Å². The Kier molecular flexibility index (Phi) is 5.39. The highest BCUT2D eigenvalue weighted by Crippen LogP contribution is 2.16. The number of amides is 1. The molecule has 1 rings (SSSR count). The summed E-state index contributed by atoms with van der Waals surface area (Å²) >= 11 is 3.26. The molecule has 0 radical (unpaired) electrons. The van der Waals surface area contributed by atoms with Crippen molar-refractivity contribution in [2.75, 3.05) is 18.5 Å². The average molecular weight is 250 g/mol. The summed E-state index contributed by atoms with van der Waals surface area (Å²) in [4.78, 5) is 11.2. The van der Waals surface area contributed by atoms with Crippen LogP contribution in [0.1, 0.15) is 25.7 Å². The van der Waals surface area contributed by atoms with Crippen molar-refractivity contribution >= 4 is 21.8 Å². The summed E-state index contributed by atoms with van der Waals surface area (Å²) < 4.78 is 5.42. The minimum absolute atomic E-state index is 0.134. The van der Waals surface area contributed by atoms with E-state index in [1.54, 1.807) is 0 Å². The van der Waals surface area contributed by atoms with Gasteiger partial charge in [-0.05, 0) is 19.3 Å². The van der Waals surface area contributed by atoms with Gasteiger partial charge in [-0.3, -0.25) is 4.79 Å². The molecule has 3 nitrogen and oxygen atoms in total. The molecule has 0 aliphatic carbocycles. The molecule has 0 spiro atoms. The van der Waals surface area contributed by atoms with E-state index >= 15 is 0 Å². The Bertz CT molecular complexity index is 158. The van der Waals surface area contributed by atoms with E-state index in [0.29, 0.717) is 19.1 Å². The lowest BCUT2D eigenvalue weighted by atomic mass is 10.1. The van der Waals surface area contributed by atoms with Gasteiger partial charge in [0.2, 0.25) is 5.91 Å². The van der Waals surface area contributed by atoms with Crippen LogP contribution in [0.25, 0.3) is 0 Å². The monoisotopic (exact) mass is 249 g/mol. The number of carbonyl (C=O) groups excluding carboxylic acids is 1. The van der Waals surface area contributed by atoms with Gasteiger partial charge in [0.15, 0.2) is 0 Å². The van der Waals surface area contributed by atoms with Crippen molar-refractivity contribution in [3.8, 4) is 0 Å². The summed E-state index contributed by atoms with van der Waals surface area (Å²) in [5.74, 6) is 0.134. The molecule has 1 heterocycles. The second-order valence-corrected chi connectivity index (χ2v) is 4.01. The number of nitrogens with one attached hydrogen (secondary N) is 1. The van der Waals surface area contributed by atoms with E-state index in [1.807, 2.05) is 0 Å². The molecule has 0 bridgehead atoms. The number of hydrogen-bond donors (Lipinski definition) is 1. The molecular weight excluding hydrogens is 234 g/mol. The predicted molar refractivity (Wildman–Crippen MR) is 55.0 cm³/mol. The summed E-state index contributed by atoms with van der Waals surface area (Å²) in [6.07, 6.45) is 4.06. The van der Waals surface area contributed by atoms with Gasteiger partial charge in [0.25, 0.3) is 0 Å². The molecule has 0 saturated carbocycles. The third kappa shape index (κ3) is 4.62. The molecule has 1 saturated heterocycles. The molecule has 1 N–H and O–H groups in total. The van der Waals surface area contributed by atoms with Crippen molar-refractivity contribution in [2.24, 2.45) is 0 Å². The highest BCUT2D eigenvalue weighted by Gasteiger charge is 2.16. The van der Waals surface area contributed by atoms with Crippen LogP contribution in [0, 0.1) is 0 Å². The summed E-state index contributed by atoms with van der Waals surface area (Å²) in [6, 6.07) is 0. The van der Waals surface area contributed by atoms with E-state index in [9.17, 15) is 4.79 Å². The predicted octanol–water partition coefficient (Wildman–Crippen LogP) is 1.46. The fourth-order valence-electron chi connectivity index (χ4n) is 1.44. The molecule has 76 valence electrons. The van der Waals surface area contributed by atoms with Crippen LogP contribution < -0.4 is 5.32 Å². The smallest absolute Gasteiger partial charge is 0.220 e. The summed E-state index contributed by atoms with van der Waals surface area (Å²) in [5, 5.41) is 3.63. The first kappa shape index (κ1) is 11.0. The van der Waals surface area contributed by atoms with Crippen LogP contribution in [-0.4, -0.2) is 30.5 Å². The quantitative estimate of drug-likeness (QED) is 0.750. The number of rotatable bonds is 5. The van der Waals surface area contributed by atoms with Crippen molar-refractivity contribution in [3.63, 3.8) is 0 Å². The van der Waals surface area contributed by atoms with Gasteiger partial charge >= 0.3 is 0 Å². The fourth-order valence-corrected chi connectivity index (χ4v) is 1.64. The zero-order valence-corrected chi connectivity index (χ0v) is 9.31. The van der Waals surface area contributed by atoms with Gasteiger partial charge in [0.05, 0.1) is 6.10 Å². The van der Waals surface area contributed by atoms with E-state index in [-0.39, 0.29) is 5.91 Å². The second kappa shape index (κ2) is 6.38. The van der Waals surface area contributed by atoms with Gasteiger partial charge in [0, 0.05) is 24.9 Å². The standard InChI is InChI=1S/C9H16BrNO2/c10-5-6-11-9(12)4-3-8-2-1-7-13-8/h8H,1-7H2,(H,11,12). The average Bonchev–Trinajstić information content (AvgIpc) is 2.64. The number of halogens is 1. The van der Waals surface area contributed by atoms with Crippen molar-refractivity contribution in [1.82, 2.24) is 5.32 Å². The Balaban J connectivity index is 2.00. The topological polar surface area (TPSA) is 38.3 Å². The van der Waals surface area contributed by atoms with Gasteiger partial charge in [0.1, 0.15) is 0 Å². The van der Waals surface area contributed by atoms with Gasteiger partial charge in [-0.2, -0.15) is 0 Å². The molecule has 1 unspecified atom stereocenters. The lowest BCUT2D eigenvalue weighted by Crippen LogP contribution is -2.25. The van der Waals surface area contributed by atoms with Gasteiger partial charge in [-0.1, -0.05) is 15.9 Å². The van der Waals surface area contributed by atoms with E-state index in [2.05, 4.69) is 21.2 Å². The molecular formula is C9H16BrNO2. The van der Waals surface area contributed by atoms with Crippen molar-refractivity contribution < 1.29 is 9.53 Å². The normalized spacial score (nSPS) is 21.8. The maximum atomic E-state index is 11.2. The molecule has 0 aromatic carbocycles. The van der Waals surface area contributed by atoms with Crippen LogP contribution in [0.4, 0.5) is 0 Å². The first-order valence-corrected chi connectivity index (χ1v) is 5.89. The number of hydrogen-bond acceptors (Lipinski definition) is 2. The molecule has 13 heavy (non-hydrogen) atoms. The highest BCUT2D eigenvalue weighted by atomic mass is 79.9. The summed E-state index contributed by atoms with van der Waals surface area (Å²) in [6.45, 7) is 1.58. The Morgan fingerprint density at radius 1 is 1.62 bits per heavy atom. The zero-order chi connectivity index (χ0) is 9.52. The maximum Gasteiger partial charge on any atom is 0.220 e. The van der Waals surface area contributed by atoms with E-state index in [1.165, 1.54) is 0 Å².